The zero-order valence-electron chi connectivity index (χ0n) is 19.2. The lowest BCUT2D eigenvalue weighted by Gasteiger charge is -2.26. The Hall–Kier alpha value is -2.84. The van der Waals surface area contributed by atoms with Gasteiger partial charge in [-0.05, 0) is 43.7 Å². The lowest BCUT2D eigenvalue weighted by Crippen LogP contribution is -2.44. The lowest BCUT2D eigenvalue weighted by atomic mass is 10.2. The van der Waals surface area contributed by atoms with E-state index < -0.39 is 0 Å². The van der Waals surface area contributed by atoms with Gasteiger partial charge in [0.25, 0.3) is 0 Å². The number of ether oxygens (including phenoxy) is 3. The second kappa shape index (κ2) is 13.5. The van der Waals surface area contributed by atoms with Crippen molar-refractivity contribution in [1.29, 1.82) is 0 Å². The van der Waals surface area contributed by atoms with Crippen LogP contribution in [0.15, 0.2) is 47.6 Å². The van der Waals surface area contributed by atoms with Crippen LogP contribution in [0.25, 0.3) is 0 Å². The van der Waals surface area contributed by atoms with E-state index in [0.717, 1.165) is 69.6 Å². The summed E-state index contributed by atoms with van der Waals surface area (Å²) in [6.45, 7) is 11.5. The summed E-state index contributed by atoms with van der Waals surface area (Å²) in [5.41, 5.74) is 0.921. The summed E-state index contributed by atoms with van der Waals surface area (Å²) in [6, 6.07) is 11.5. The second-order valence-electron chi connectivity index (χ2n) is 7.47. The lowest BCUT2D eigenvalue weighted by molar-refractivity contribution is 0.0389. The van der Waals surface area contributed by atoms with Crippen molar-refractivity contribution in [1.82, 2.24) is 20.5 Å². The van der Waals surface area contributed by atoms with E-state index in [0.29, 0.717) is 24.8 Å². The van der Waals surface area contributed by atoms with Crippen LogP contribution in [-0.2, 0) is 11.3 Å². The van der Waals surface area contributed by atoms with Crippen LogP contribution >= 0.6 is 0 Å². The summed E-state index contributed by atoms with van der Waals surface area (Å²) in [4.78, 5) is 11.5. The van der Waals surface area contributed by atoms with Crippen LogP contribution < -0.4 is 20.1 Å². The minimum atomic E-state index is 0.466. The van der Waals surface area contributed by atoms with Crippen LogP contribution in [0.2, 0.25) is 0 Å². The maximum Gasteiger partial charge on any atom is 0.224 e. The minimum Gasteiger partial charge on any atom is -0.494 e. The molecule has 0 aliphatic carbocycles. The number of morpholine rings is 1. The van der Waals surface area contributed by atoms with Crippen molar-refractivity contribution in [3.8, 4) is 17.4 Å². The number of aliphatic imine (C=N–C) groups is 1. The van der Waals surface area contributed by atoms with E-state index in [-0.39, 0.29) is 0 Å². The molecular weight excluding hydrogens is 406 g/mol. The highest BCUT2D eigenvalue weighted by Gasteiger charge is 2.10. The number of pyridine rings is 1. The zero-order valence-corrected chi connectivity index (χ0v) is 19.2. The fourth-order valence-corrected chi connectivity index (χ4v) is 3.23. The summed E-state index contributed by atoms with van der Waals surface area (Å²) < 4.78 is 17.1. The zero-order chi connectivity index (χ0) is 22.4. The molecule has 174 valence electrons. The second-order valence-corrected chi connectivity index (χ2v) is 7.47. The number of nitrogens with one attached hydrogen (secondary N) is 2. The molecule has 0 amide bonds. The molecule has 8 heteroatoms. The Morgan fingerprint density at radius 1 is 1.09 bits per heavy atom. The predicted molar refractivity (Wildman–Crippen MR) is 127 cm³/mol. The topological polar surface area (TPSA) is 80.2 Å². The molecule has 0 saturated carbocycles. The average Bonchev–Trinajstić information content (AvgIpc) is 2.83. The standard InChI is InChI=1S/C24H35N5O3/c1-3-16-31-21-7-9-22(10-8-21)32-23-20(6-5-11-26-23)19-28-24(25-4-2)27-12-13-29-14-17-30-18-15-29/h5-11H,3-4,12-19H2,1-2H3,(H2,25,27,28). The average molecular weight is 442 g/mol. The maximum absolute atomic E-state index is 6.03. The first kappa shape index (κ1) is 23.8. The number of hydrogen-bond donors (Lipinski definition) is 2. The van der Waals surface area contributed by atoms with E-state index >= 15 is 0 Å². The van der Waals surface area contributed by atoms with Crippen molar-refractivity contribution in [2.24, 2.45) is 4.99 Å². The van der Waals surface area contributed by atoms with Crippen molar-refractivity contribution >= 4 is 5.96 Å². The minimum absolute atomic E-state index is 0.466. The molecule has 1 aliphatic heterocycles. The Bertz CT molecular complexity index is 823. The third-order valence-electron chi connectivity index (χ3n) is 4.94. The third-order valence-corrected chi connectivity index (χ3v) is 4.94. The van der Waals surface area contributed by atoms with Crippen LogP contribution in [0.5, 0.6) is 17.4 Å². The molecule has 0 atom stereocenters. The molecule has 2 N–H and O–H groups in total. The highest BCUT2D eigenvalue weighted by Crippen LogP contribution is 2.25. The van der Waals surface area contributed by atoms with Crippen molar-refractivity contribution in [2.75, 3.05) is 52.5 Å². The third kappa shape index (κ3) is 8.01. The quantitative estimate of drug-likeness (QED) is 0.410. The van der Waals surface area contributed by atoms with E-state index in [2.05, 4.69) is 34.4 Å². The Balaban J connectivity index is 1.57. The van der Waals surface area contributed by atoms with Gasteiger partial charge in [-0.1, -0.05) is 13.0 Å². The largest absolute Gasteiger partial charge is 0.494 e. The molecule has 8 nitrogen and oxygen atoms in total. The number of aromatic nitrogens is 1. The van der Waals surface area contributed by atoms with E-state index in [9.17, 15) is 0 Å². The van der Waals surface area contributed by atoms with Gasteiger partial charge in [0.05, 0.1) is 26.4 Å². The molecule has 2 aromatic rings. The maximum atomic E-state index is 6.03. The molecule has 1 aromatic heterocycles. The van der Waals surface area contributed by atoms with Gasteiger partial charge in [-0.2, -0.15) is 0 Å². The van der Waals surface area contributed by atoms with E-state index in [1.54, 1.807) is 6.20 Å². The monoisotopic (exact) mass is 441 g/mol. The first-order valence-corrected chi connectivity index (χ1v) is 11.5. The SMILES string of the molecule is CCCOc1ccc(Oc2ncccc2CN=C(NCC)NCCN2CCOCC2)cc1. The highest BCUT2D eigenvalue weighted by atomic mass is 16.5. The molecule has 1 aromatic carbocycles. The summed E-state index contributed by atoms with van der Waals surface area (Å²) in [6.07, 6.45) is 2.71. The van der Waals surface area contributed by atoms with Gasteiger partial charge in [-0.3, -0.25) is 4.90 Å². The van der Waals surface area contributed by atoms with Gasteiger partial charge in [0.15, 0.2) is 5.96 Å². The number of benzene rings is 1. The van der Waals surface area contributed by atoms with Gasteiger partial charge in [0, 0.05) is 44.5 Å². The fraction of sp³-hybridized carbons (Fsp3) is 0.500. The smallest absolute Gasteiger partial charge is 0.224 e. The Morgan fingerprint density at radius 2 is 1.88 bits per heavy atom. The number of nitrogens with zero attached hydrogens (tertiary/aromatic N) is 3. The summed E-state index contributed by atoms with van der Waals surface area (Å²) >= 11 is 0. The molecule has 0 spiro atoms. The summed E-state index contributed by atoms with van der Waals surface area (Å²) in [5, 5.41) is 6.71. The molecular formula is C24H35N5O3. The van der Waals surface area contributed by atoms with Crippen LogP contribution in [-0.4, -0.2) is 68.4 Å². The van der Waals surface area contributed by atoms with Crippen LogP contribution in [0.3, 0.4) is 0 Å². The number of hydrogen-bond acceptors (Lipinski definition) is 6. The molecule has 0 unspecified atom stereocenters. The number of guanidine groups is 1. The van der Waals surface area contributed by atoms with Crippen LogP contribution in [0.1, 0.15) is 25.8 Å². The summed E-state index contributed by atoms with van der Waals surface area (Å²) in [7, 11) is 0. The molecule has 0 radical (unpaired) electrons. The summed E-state index contributed by atoms with van der Waals surface area (Å²) in [5.74, 6) is 2.90. The van der Waals surface area contributed by atoms with Gasteiger partial charge >= 0.3 is 0 Å². The van der Waals surface area contributed by atoms with E-state index in [4.69, 9.17) is 19.2 Å². The van der Waals surface area contributed by atoms with Crippen molar-refractivity contribution < 1.29 is 14.2 Å². The first-order valence-electron chi connectivity index (χ1n) is 11.5. The molecule has 32 heavy (non-hydrogen) atoms. The predicted octanol–water partition coefficient (Wildman–Crippen LogP) is 3.05. The number of rotatable bonds is 11. The molecule has 1 aliphatic rings. The molecule has 1 saturated heterocycles. The molecule has 3 rings (SSSR count). The highest BCUT2D eigenvalue weighted by molar-refractivity contribution is 5.79. The van der Waals surface area contributed by atoms with Crippen molar-refractivity contribution in [3.05, 3.63) is 48.2 Å². The van der Waals surface area contributed by atoms with Gasteiger partial charge in [-0.25, -0.2) is 9.98 Å². The van der Waals surface area contributed by atoms with Gasteiger partial charge in [0.2, 0.25) is 5.88 Å². The van der Waals surface area contributed by atoms with Crippen molar-refractivity contribution in [3.63, 3.8) is 0 Å². The van der Waals surface area contributed by atoms with Crippen LogP contribution in [0.4, 0.5) is 0 Å². The first-order chi connectivity index (χ1) is 15.8. The molecule has 2 heterocycles. The van der Waals surface area contributed by atoms with E-state index in [1.807, 2.05) is 36.4 Å². The van der Waals surface area contributed by atoms with Crippen molar-refractivity contribution in [2.45, 2.75) is 26.8 Å². The van der Waals surface area contributed by atoms with E-state index in [1.165, 1.54) is 0 Å². The van der Waals surface area contributed by atoms with Gasteiger partial charge < -0.3 is 24.8 Å². The fourth-order valence-electron chi connectivity index (χ4n) is 3.23. The van der Waals surface area contributed by atoms with Gasteiger partial charge in [-0.15, -0.1) is 0 Å². The van der Waals surface area contributed by atoms with Gasteiger partial charge in [0.1, 0.15) is 11.5 Å². The molecule has 0 bridgehead atoms. The Morgan fingerprint density at radius 3 is 2.62 bits per heavy atom. The Kier molecular flexibility index (Phi) is 10.1. The molecule has 1 fully saturated rings. The normalized spacial score (nSPS) is 14.8. The Labute approximate surface area is 191 Å². The van der Waals surface area contributed by atoms with Crippen LogP contribution in [0, 0.1) is 0 Å².